The van der Waals surface area contributed by atoms with E-state index in [1.54, 1.807) is 6.20 Å². The predicted molar refractivity (Wildman–Crippen MR) is 129 cm³/mol. The molecule has 2 aromatic carbocycles. The summed E-state index contributed by atoms with van der Waals surface area (Å²) in [5.74, 6) is 0.0930. The number of rotatable bonds is 4. The molecule has 0 radical (unpaired) electrons. The molecule has 0 unspecified atom stereocenters. The summed E-state index contributed by atoms with van der Waals surface area (Å²) in [4.78, 5) is 25.4. The van der Waals surface area contributed by atoms with Gasteiger partial charge in [0.25, 0.3) is 5.91 Å². The predicted octanol–water partition coefficient (Wildman–Crippen LogP) is 5.01. The van der Waals surface area contributed by atoms with Crippen LogP contribution in [0.15, 0.2) is 91.3 Å². The monoisotopic (exact) mass is 432 g/mol. The Hall–Kier alpha value is -4.65. The van der Waals surface area contributed by atoms with Gasteiger partial charge in [0, 0.05) is 35.5 Å². The molecule has 3 heterocycles. The van der Waals surface area contributed by atoms with Crippen molar-refractivity contribution in [1.82, 2.24) is 24.7 Å². The van der Waals surface area contributed by atoms with E-state index in [-0.39, 0.29) is 5.91 Å². The molecule has 0 bridgehead atoms. The highest BCUT2D eigenvalue weighted by Crippen LogP contribution is 2.30. The molecule has 1 aliphatic rings. The van der Waals surface area contributed by atoms with Crippen LogP contribution in [0.25, 0.3) is 27.7 Å². The average molecular weight is 432 g/mol. The highest BCUT2D eigenvalue weighted by Gasteiger charge is 2.21. The standard InChI is InChI=1S/C26H20N6O/c33-25(23-19-11-5-4-8-17(19)14-15-27-23)31-26-29-20-12-6-7-13-21(24(20)30-26)32-22(16-28-32)18-9-2-1-3-10-18/h1-11,13-16,28H,12H2,(H2,29,30,31,33). The van der Waals surface area contributed by atoms with Crippen molar-refractivity contribution < 1.29 is 4.79 Å². The van der Waals surface area contributed by atoms with Crippen molar-refractivity contribution >= 4 is 28.3 Å². The van der Waals surface area contributed by atoms with Gasteiger partial charge in [-0.15, -0.1) is 0 Å². The summed E-state index contributed by atoms with van der Waals surface area (Å²) in [5, 5.41) is 7.91. The number of aromatic amines is 2. The minimum Gasteiger partial charge on any atom is -0.327 e. The number of amides is 1. The van der Waals surface area contributed by atoms with Gasteiger partial charge in [0.05, 0.1) is 11.4 Å². The van der Waals surface area contributed by atoms with Crippen LogP contribution < -0.4 is 5.32 Å². The number of H-pyrrole nitrogens is 2. The van der Waals surface area contributed by atoms with E-state index in [0.29, 0.717) is 18.1 Å². The third-order valence-electron chi connectivity index (χ3n) is 5.74. The third kappa shape index (κ3) is 3.36. The zero-order chi connectivity index (χ0) is 22.2. The molecule has 5 aromatic rings. The number of aromatic nitrogens is 5. The lowest BCUT2D eigenvalue weighted by molar-refractivity contribution is 0.102. The van der Waals surface area contributed by atoms with E-state index in [0.717, 1.165) is 39.1 Å². The fourth-order valence-electron chi connectivity index (χ4n) is 4.11. The SMILES string of the molecule is O=C(Nc1nc2c([nH]1)CC=CC=C2n1[nH]cc1-c1ccccc1)c1nccc2ccccc12. The number of carbonyl (C=O) groups is 1. The first-order valence-electron chi connectivity index (χ1n) is 10.7. The maximum absolute atomic E-state index is 13.0. The molecule has 7 heteroatoms. The van der Waals surface area contributed by atoms with Crippen LogP contribution in [0.4, 0.5) is 5.95 Å². The first-order chi connectivity index (χ1) is 16.3. The van der Waals surface area contributed by atoms with Gasteiger partial charge in [-0.2, -0.15) is 0 Å². The van der Waals surface area contributed by atoms with Gasteiger partial charge in [-0.3, -0.25) is 24.9 Å². The van der Waals surface area contributed by atoms with Gasteiger partial charge in [-0.05, 0) is 17.5 Å². The van der Waals surface area contributed by atoms with Gasteiger partial charge in [0.2, 0.25) is 5.95 Å². The Kier molecular flexibility index (Phi) is 4.51. The molecule has 1 amide bonds. The Morgan fingerprint density at radius 3 is 2.73 bits per heavy atom. The summed E-state index contributed by atoms with van der Waals surface area (Å²) in [6, 6.07) is 19.8. The highest BCUT2D eigenvalue weighted by atomic mass is 16.2. The largest absolute Gasteiger partial charge is 0.327 e. The zero-order valence-electron chi connectivity index (χ0n) is 17.6. The summed E-state index contributed by atoms with van der Waals surface area (Å²) < 4.78 is 2.00. The smallest absolute Gasteiger partial charge is 0.277 e. The summed E-state index contributed by atoms with van der Waals surface area (Å²) in [6.07, 6.45) is 10.4. The number of hydrogen-bond donors (Lipinski definition) is 3. The quantitative estimate of drug-likeness (QED) is 0.373. The molecule has 3 N–H and O–H groups in total. The van der Waals surface area contributed by atoms with E-state index < -0.39 is 0 Å². The second-order valence-electron chi connectivity index (χ2n) is 7.79. The lowest BCUT2D eigenvalue weighted by Gasteiger charge is -2.19. The van der Waals surface area contributed by atoms with E-state index in [1.807, 2.05) is 71.6 Å². The molecular weight excluding hydrogens is 412 g/mol. The minimum atomic E-state index is -0.302. The number of imidazole rings is 1. The third-order valence-corrected chi connectivity index (χ3v) is 5.74. The molecule has 0 atom stereocenters. The van der Waals surface area contributed by atoms with E-state index in [4.69, 9.17) is 4.98 Å². The van der Waals surface area contributed by atoms with E-state index >= 15 is 0 Å². The maximum atomic E-state index is 13.0. The molecule has 0 aliphatic heterocycles. The Bertz CT molecular complexity index is 1530. The zero-order valence-corrected chi connectivity index (χ0v) is 17.6. The number of hydrogen-bond acceptors (Lipinski definition) is 3. The molecular formula is C26H20N6O. The van der Waals surface area contributed by atoms with Crippen LogP contribution in [0, 0.1) is 0 Å². The van der Waals surface area contributed by atoms with Crippen LogP contribution in [0.5, 0.6) is 0 Å². The minimum absolute atomic E-state index is 0.302. The molecule has 7 nitrogen and oxygen atoms in total. The fourth-order valence-corrected chi connectivity index (χ4v) is 4.11. The molecule has 33 heavy (non-hydrogen) atoms. The van der Waals surface area contributed by atoms with Crippen molar-refractivity contribution in [2.45, 2.75) is 6.42 Å². The number of carbonyl (C=O) groups excluding carboxylic acids is 1. The van der Waals surface area contributed by atoms with Gasteiger partial charge >= 0.3 is 0 Å². The lowest BCUT2D eigenvalue weighted by atomic mass is 10.1. The number of pyridine rings is 1. The van der Waals surface area contributed by atoms with Crippen molar-refractivity contribution in [3.63, 3.8) is 0 Å². The number of anilines is 1. The van der Waals surface area contributed by atoms with Crippen LogP contribution in [0.3, 0.4) is 0 Å². The molecule has 0 spiro atoms. The van der Waals surface area contributed by atoms with Gasteiger partial charge in [-0.1, -0.05) is 66.7 Å². The summed E-state index contributed by atoms with van der Waals surface area (Å²) >= 11 is 0. The maximum Gasteiger partial charge on any atom is 0.277 e. The Morgan fingerprint density at radius 2 is 1.88 bits per heavy atom. The number of benzene rings is 2. The Labute approximate surface area is 189 Å². The second-order valence-corrected chi connectivity index (χ2v) is 7.79. The van der Waals surface area contributed by atoms with E-state index in [1.165, 1.54) is 0 Å². The normalized spacial score (nSPS) is 12.9. The van der Waals surface area contributed by atoms with Crippen LogP contribution >= 0.6 is 0 Å². The van der Waals surface area contributed by atoms with Crippen LogP contribution in [-0.2, 0) is 6.42 Å². The second kappa shape index (κ2) is 7.80. The molecule has 160 valence electrons. The summed E-state index contributed by atoms with van der Waals surface area (Å²) in [7, 11) is 0. The van der Waals surface area contributed by atoms with Crippen molar-refractivity contribution in [2.24, 2.45) is 0 Å². The van der Waals surface area contributed by atoms with Crippen molar-refractivity contribution in [3.8, 4) is 11.3 Å². The molecule has 0 fully saturated rings. The molecule has 0 saturated heterocycles. The molecule has 1 aliphatic carbocycles. The van der Waals surface area contributed by atoms with Gasteiger partial charge < -0.3 is 4.98 Å². The van der Waals surface area contributed by atoms with Crippen molar-refractivity contribution in [2.75, 3.05) is 5.32 Å². The number of allylic oxidation sites excluding steroid dienone is 3. The molecule has 6 rings (SSSR count). The first kappa shape index (κ1) is 19.1. The average Bonchev–Trinajstić information content (AvgIpc) is 3.13. The van der Waals surface area contributed by atoms with Crippen LogP contribution in [0.2, 0.25) is 0 Å². The van der Waals surface area contributed by atoms with Gasteiger partial charge in [-0.25, -0.2) is 4.98 Å². The Balaban J connectivity index is 1.33. The van der Waals surface area contributed by atoms with Gasteiger partial charge in [0.1, 0.15) is 11.4 Å². The number of nitrogens with zero attached hydrogens (tertiary/aromatic N) is 3. The van der Waals surface area contributed by atoms with Crippen LogP contribution in [-0.4, -0.2) is 30.6 Å². The fraction of sp³-hybridized carbons (Fsp3) is 0.0385. The van der Waals surface area contributed by atoms with Crippen molar-refractivity contribution in [3.05, 3.63) is 108 Å². The summed E-state index contributed by atoms with van der Waals surface area (Å²) in [6.45, 7) is 0. The summed E-state index contributed by atoms with van der Waals surface area (Å²) in [5.41, 5.74) is 5.15. The van der Waals surface area contributed by atoms with E-state index in [2.05, 4.69) is 38.6 Å². The number of fused-ring (bicyclic) bond motifs is 2. The van der Waals surface area contributed by atoms with Crippen LogP contribution in [0.1, 0.15) is 21.9 Å². The van der Waals surface area contributed by atoms with Crippen molar-refractivity contribution in [1.29, 1.82) is 0 Å². The van der Waals surface area contributed by atoms with E-state index in [9.17, 15) is 4.79 Å². The van der Waals surface area contributed by atoms with Gasteiger partial charge in [0.15, 0.2) is 0 Å². The lowest BCUT2D eigenvalue weighted by Crippen LogP contribution is -2.15. The first-order valence-corrected chi connectivity index (χ1v) is 10.7. The topological polar surface area (TPSA) is 91.4 Å². The number of nitrogens with one attached hydrogen (secondary N) is 3. The molecule has 0 saturated carbocycles. The highest BCUT2D eigenvalue weighted by molar-refractivity contribution is 6.10. The Morgan fingerprint density at radius 1 is 1.03 bits per heavy atom. The molecule has 3 aromatic heterocycles.